The van der Waals surface area contributed by atoms with Gasteiger partial charge in [-0.2, -0.15) is 0 Å². The summed E-state index contributed by atoms with van der Waals surface area (Å²) in [5.74, 6) is -2.35. The summed E-state index contributed by atoms with van der Waals surface area (Å²) in [6.45, 7) is 4.56. The summed E-state index contributed by atoms with van der Waals surface area (Å²) in [7, 11) is 5.89. The molecule has 0 amide bonds. The van der Waals surface area contributed by atoms with E-state index < -0.39 is 24.3 Å². The number of esters is 2. The molecule has 344 valence electrons. The summed E-state index contributed by atoms with van der Waals surface area (Å²) in [6.07, 6.45) is 49.3. The van der Waals surface area contributed by atoms with Gasteiger partial charge in [0.1, 0.15) is 13.2 Å². The number of hydrogen-bond donors (Lipinski definition) is 0. The van der Waals surface area contributed by atoms with Gasteiger partial charge in [-0.05, 0) is 64.2 Å². The number of carboxylic acids is 1. The largest absolute Gasteiger partial charge is 0.545 e. The maximum Gasteiger partial charge on any atom is 0.306 e. The Morgan fingerprint density at radius 3 is 1.42 bits per heavy atom. The first-order valence-electron chi connectivity index (χ1n) is 23.6. The molecule has 2 unspecified atom stereocenters. The molecule has 0 N–H and O–H groups in total. The van der Waals surface area contributed by atoms with Crippen molar-refractivity contribution in [3.63, 3.8) is 0 Å². The third kappa shape index (κ3) is 42.8. The molecule has 9 nitrogen and oxygen atoms in total. The van der Waals surface area contributed by atoms with E-state index in [2.05, 4.69) is 86.8 Å². The van der Waals surface area contributed by atoms with Gasteiger partial charge >= 0.3 is 11.9 Å². The van der Waals surface area contributed by atoms with Crippen LogP contribution in [0, 0.1) is 0 Å². The number of nitrogens with zero attached hydrogens (tertiary/aromatic N) is 1. The van der Waals surface area contributed by atoms with Gasteiger partial charge in [0.25, 0.3) is 0 Å². The predicted molar refractivity (Wildman–Crippen MR) is 246 cm³/mol. The van der Waals surface area contributed by atoms with Gasteiger partial charge in [0, 0.05) is 12.8 Å². The molecule has 0 heterocycles. The summed E-state index contributed by atoms with van der Waals surface area (Å²) >= 11 is 0. The first kappa shape index (κ1) is 56.7. The third-order valence-corrected chi connectivity index (χ3v) is 9.72. The highest BCUT2D eigenvalue weighted by Gasteiger charge is 2.21. The van der Waals surface area contributed by atoms with Crippen LogP contribution in [-0.4, -0.2) is 82.3 Å². The Hall–Kier alpha value is -3.27. The van der Waals surface area contributed by atoms with Gasteiger partial charge in [-0.1, -0.05) is 170 Å². The fourth-order valence-electron chi connectivity index (χ4n) is 6.07. The normalized spacial score (nSPS) is 13.6. The van der Waals surface area contributed by atoms with Gasteiger partial charge in [0.05, 0.1) is 40.3 Å². The zero-order valence-corrected chi connectivity index (χ0v) is 38.8. The van der Waals surface area contributed by atoms with Crippen molar-refractivity contribution in [2.24, 2.45) is 0 Å². The molecular formula is C51H87NO8. The van der Waals surface area contributed by atoms with Crippen LogP contribution in [0.3, 0.4) is 0 Å². The standard InChI is InChI=1S/C51H87NO8/c1-6-8-10-12-14-16-18-20-22-23-24-25-26-27-28-30-32-34-36-38-40-42-49(54)60-47(46-59-51(50(55)56)57-44-43-52(3,4)5)45-58-48(53)41-39-37-35-33-31-29-21-19-17-15-13-11-9-7-2/h8,10,14,16,20,22,24-25,27-28,32,34,47,51H,6-7,9,11-13,15,17-19,21,23,26,29-31,33,35-46H2,1-5H3/b10-8-,16-14-,22-20-,25-24-,28-27-,34-32-. The van der Waals surface area contributed by atoms with Crippen LogP contribution in [0.2, 0.25) is 0 Å². The quantitative estimate of drug-likeness (QED) is 0.0196. The molecule has 0 fully saturated rings. The minimum Gasteiger partial charge on any atom is -0.545 e. The second-order valence-corrected chi connectivity index (χ2v) is 16.7. The summed E-state index contributed by atoms with van der Waals surface area (Å²) in [4.78, 5) is 37.0. The molecule has 0 saturated heterocycles. The lowest BCUT2D eigenvalue weighted by atomic mass is 10.0. The molecule has 60 heavy (non-hydrogen) atoms. The van der Waals surface area contributed by atoms with Crippen LogP contribution in [-0.2, 0) is 33.3 Å². The Balaban J connectivity index is 4.50. The average Bonchev–Trinajstić information content (AvgIpc) is 3.21. The van der Waals surface area contributed by atoms with Crippen molar-refractivity contribution in [2.45, 2.75) is 187 Å². The number of unbranched alkanes of at least 4 members (excludes halogenated alkanes) is 15. The van der Waals surface area contributed by atoms with E-state index in [4.69, 9.17) is 18.9 Å². The van der Waals surface area contributed by atoms with Crippen LogP contribution >= 0.6 is 0 Å². The lowest BCUT2D eigenvalue weighted by Crippen LogP contribution is -2.44. The van der Waals surface area contributed by atoms with Crippen molar-refractivity contribution in [1.29, 1.82) is 0 Å². The molecule has 0 saturated carbocycles. The van der Waals surface area contributed by atoms with Crippen molar-refractivity contribution in [2.75, 3.05) is 47.5 Å². The van der Waals surface area contributed by atoms with Crippen molar-refractivity contribution >= 4 is 17.9 Å². The minimum atomic E-state index is -1.63. The van der Waals surface area contributed by atoms with Crippen molar-refractivity contribution in [3.8, 4) is 0 Å². The number of ether oxygens (including phenoxy) is 4. The van der Waals surface area contributed by atoms with Crippen LogP contribution in [0.4, 0.5) is 0 Å². The van der Waals surface area contributed by atoms with E-state index >= 15 is 0 Å². The number of aliphatic carboxylic acids is 1. The highest BCUT2D eigenvalue weighted by molar-refractivity contribution is 5.70. The number of quaternary nitrogens is 1. The van der Waals surface area contributed by atoms with E-state index in [1.807, 2.05) is 21.1 Å². The Morgan fingerprint density at radius 2 is 0.950 bits per heavy atom. The molecule has 0 radical (unpaired) electrons. The molecule has 0 bridgehead atoms. The first-order chi connectivity index (χ1) is 29.1. The lowest BCUT2D eigenvalue weighted by molar-refractivity contribution is -0.870. The van der Waals surface area contributed by atoms with Gasteiger partial charge in [0.15, 0.2) is 12.4 Å². The fourth-order valence-corrected chi connectivity index (χ4v) is 6.07. The molecule has 0 aromatic carbocycles. The molecule has 0 rings (SSSR count). The zero-order chi connectivity index (χ0) is 44.2. The number of carbonyl (C=O) groups excluding carboxylic acids is 3. The van der Waals surface area contributed by atoms with E-state index in [0.717, 1.165) is 70.6 Å². The number of allylic oxidation sites excluding steroid dienone is 12. The average molecular weight is 842 g/mol. The Kier molecular flexibility index (Phi) is 40.1. The Labute approximate surface area is 367 Å². The second-order valence-electron chi connectivity index (χ2n) is 16.7. The Bertz CT molecular complexity index is 1210. The molecule has 0 spiro atoms. The minimum absolute atomic E-state index is 0.136. The maximum atomic E-state index is 12.8. The van der Waals surface area contributed by atoms with Gasteiger partial charge in [-0.3, -0.25) is 9.59 Å². The van der Waals surface area contributed by atoms with Crippen LogP contribution in [0.15, 0.2) is 72.9 Å². The van der Waals surface area contributed by atoms with Crippen LogP contribution in [0.25, 0.3) is 0 Å². The van der Waals surface area contributed by atoms with Crippen molar-refractivity contribution in [1.82, 2.24) is 0 Å². The first-order valence-corrected chi connectivity index (χ1v) is 23.6. The van der Waals surface area contributed by atoms with Gasteiger partial charge in [-0.25, -0.2) is 0 Å². The summed E-state index contributed by atoms with van der Waals surface area (Å²) in [6, 6.07) is 0. The van der Waals surface area contributed by atoms with Gasteiger partial charge < -0.3 is 33.3 Å². The molecule has 0 aromatic rings. The highest BCUT2D eigenvalue weighted by Crippen LogP contribution is 2.14. The molecule has 9 heteroatoms. The second kappa shape index (κ2) is 42.4. The summed E-state index contributed by atoms with van der Waals surface area (Å²) < 4.78 is 22.5. The molecule has 2 atom stereocenters. The van der Waals surface area contributed by atoms with E-state index in [9.17, 15) is 19.5 Å². The number of carbonyl (C=O) groups is 3. The van der Waals surface area contributed by atoms with E-state index in [1.165, 1.54) is 70.6 Å². The van der Waals surface area contributed by atoms with Crippen molar-refractivity contribution < 1.29 is 42.9 Å². The maximum absolute atomic E-state index is 12.8. The monoisotopic (exact) mass is 842 g/mol. The van der Waals surface area contributed by atoms with Crippen molar-refractivity contribution in [3.05, 3.63) is 72.9 Å². The topological polar surface area (TPSA) is 111 Å². The van der Waals surface area contributed by atoms with Crippen LogP contribution < -0.4 is 5.11 Å². The summed E-state index contributed by atoms with van der Waals surface area (Å²) in [5, 5.41) is 11.7. The van der Waals surface area contributed by atoms with Crippen LogP contribution in [0.1, 0.15) is 174 Å². The fraction of sp³-hybridized carbons (Fsp3) is 0.706. The number of hydrogen-bond acceptors (Lipinski definition) is 8. The Morgan fingerprint density at radius 1 is 0.517 bits per heavy atom. The third-order valence-electron chi connectivity index (χ3n) is 9.72. The van der Waals surface area contributed by atoms with E-state index in [-0.39, 0.29) is 38.6 Å². The molecule has 0 aliphatic heterocycles. The predicted octanol–water partition coefficient (Wildman–Crippen LogP) is 11.4. The zero-order valence-electron chi connectivity index (χ0n) is 38.8. The van der Waals surface area contributed by atoms with E-state index in [0.29, 0.717) is 17.4 Å². The lowest BCUT2D eigenvalue weighted by Gasteiger charge is -2.26. The molecule has 0 aliphatic carbocycles. The smallest absolute Gasteiger partial charge is 0.306 e. The summed E-state index contributed by atoms with van der Waals surface area (Å²) in [5.41, 5.74) is 0. The van der Waals surface area contributed by atoms with Gasteiger partial charge in [0.2, 0.25) is 0 Å². The number of rotatable bonds is 42. The molecule has 0 aromatic heterocycles. The number of likely N-dealkylation sites (N-methyl/N-ethyl adjacent to an activating group) is 1. The van der Waals surface area contributed by atoms with Crippen LogP contribution in [0.5, 0.6) is 0 Å². The molecule has 0 aliphatic rings. The molecular weight excluding hydrogens is 755 g/mol. The SMILES string of the molecule is CC/C=C\C/C=C\C/C=C\C/C=C\C/C=C\C/C=C\CCCCC(=O)OC(COC(=O)CCCCCCCCCCCCCCCC)COC(OCC[N+](C)(C)C)C(=O)[O-]. The van der Waals surface area contributed by atoms with Gasteiger partial charge in [-0.15, -0.1) is 0 Å². The van der Waals surface area contributed by atoms with E-state index in [1.54, 1.807) is 0 Å². The highest BCUT2D eigenvalue weighted by atomic mass is 16.7. The number of carboxylic acid groups (broad SMARTS) is 1.